The fourth-order valence-electron chi connectivity index (χ4n) is 0.864. The van der Waals surface area contributed by atoms with E-state index >= 15 is 0 Å². The molecule has 1 aromatic rings. The molecule has 0 bridgehead atoms. The van der Waals surface area contributed by atoms with Crippen molar-refractivity contribution in [1.29, 1.82) is 0 Å². The van der Waals surface area contributed by atoms with Gasteiger partial charge >= 0.3 is 0 Å². The number of hydrogen-bond acceptors (Lipinski definition) is 1. The van der Waals surface area contributed by atoms with Gasteiger partial charge in [-0.2, -0.15) is 0 Å². The van der Waals surface area contributed by atoms with Gasteiger partial charge in [-0.1, -0.05) is 41.9 Å². The van der Waals surface area contributed by atoms with Crippen LogP contribution < -0.4 is 0 Å². The number of halogens is 1. The number of carbonyl (C=O) groups is 1. The summed E-state index contributed by atoms with van der Waals surface area (Å²) in [6, 6.07) is 9.42. The maximum atomic E-state index is 10.4. The molecule has 0 aliphatic heterocycles. The van der Waals surface area contributed by atoms with Crippen LogP contribution in [0.2, 0.25) is 0 Å². The van der Waals surface area contributed by atoms with Crippen molar-refractivity contribution in [2.45, 2.75) is 6.92 Å². The quantitative estimate of drug-likeness (QED) is 0.505. The number of hydrogen-bond donors (Lipinski definition) is 0. The molecule has 0 aromatic heterocycles. The van der Waals surface area contributed by atoms with Gasteiger partial charge in [0.2, 0.25) is 0 Å². The van der Waals surface area contributed by atoms with Crippen LogP contribution in [-0.4, -0.2) is 6.29 Å². The van der Waals surface area contributed by atoms with Crippen LogP contribution >= 0.6 is 11.6 Å². The first-order valence-corrected chi connectivity index (χ1v) is 4.00. The van der Waals surface area contributed by atoms with Gasteiger partial charge in [0, 0.05) is 5.57 Å². The molecule has 0 amide bonds. The summed E-state index contributed by atoms with van der Waals surface area (Å²) in [5.74, 6) is 0. The monoisotopic (exact) mass is 180 g/mol. The molecule has 2 heteroatoms. The summed E-state index contributed by atoms with van der Waals surface area (Å²) >= 11 is 5.91. The van der Waals surface area contributed by atoms with E-state index in [9.17, 15) is 4.79 Å². The van der Waals surface area contributed by atoms with Crippen molar-refractivity contribution >= 4 is 22.9 Å². The highest BCUT2D eigenvalue weighted by atomic mass is 35.5. The molecule has 0 saturated heterocycles. The SMILES string of the molecule is C/C(C=O)=C(/Cl)c1ccccc1. The normalized spacial score (nSPS) is 12.2. The van der Waals surface area contributed by atoms with Crippen LogP contribution in [0, 0.1) is 0 Å². The van der Waals surface area contributed by atoms with E-state index in [2.05, 4.69) is 0 Å². The summed E-state index contributed by atoms with van der Waals surface area (Å²) in [6.07, 6.45) is 0.759. The minimum Gasteiger partial charge on any atom is -0.298 e. The molecular weight excluding hydrogens is 172 g/mol. The van der Waals surface area contributed by atoms with Gasteiger partial charge in [-0.05, 0) is 12.5 Å². The molecule has 0 N–H and O–H groups in total. The molecule has 0 heterocycles. The molecule has 0 fully saturated rings. The van der Waals surface area contributed by atoms with Crippen LogP contribution in [-0.2, 0) is 4.79 Å². The largest absolute Gasteiger partial charge is 0.298 e. The maximum Gasteiger partial charge on any atom is 0.147 e. The highest BCUT2D eigenvalue weighted by Crippen LogP contribution is 2.21. The molecule has 0 radical (unpaired) electrons. The van der Waals surface area contributed by atoms with E-state index in [1.807, 2.05) is 30.3 Å². The van der Waals surface area contributed by atoms with Gasteiger partial charge in [0.05, 0.1) is 5.03 Å². The summed E-state index contributed by atoms with van der Waals surface area (Å²) < 4.78 is 0. The van der Waals surface area contributed by atoms with Crippen molar-refractivity contribution in [3.05, 3.63) is 41.5 Å². The second-order valence-electron chi connectivity index (χ2n) is 2.48. The number of rotatable bonds is 2. The van der Waals surface area contributed by atoms with Gasteiger partial charge < -0.3 is 0 Å². The molecule has 0 unspecified atom stereocenters. The van der Waals surface area contributed by atoms with Gasteiger partial charge in [-0.25, -0.2) is 0 Å². The number of allylic oxidation sites excluding steroid dienone is 1. The average molecular weight is 181 g/mol. The Labute approximate surface area is 76.7 Å². The third-order valence-corrected chi connectivity index (χ3v) is 2.07. The third-order valence-electron chi connectivity index (χ3n) is 1.55. The zero-order valence-electron chi connectivity index (χ0n) is 6.75. The predicted molar refractivity (Wildman–Crippen MR) is 51.0 cm³/mol. The Kier molecular flexibility index (Phi) is 3.06. The zero-order chi connectivity index (χ0) is 8.97. The van der Waals surface area contributed by atoms with Gasteiger partial charge in [-0.15, -0.1) is 0 Å². The summed E-state index contributed by atoms with van der Waals surface area (Å²) in [5.41, 5.74) is 1.44. The van der Waals surface area contributed by atoms with Gasteiger partial charge in [-0.3, -0.25) is 4.79 Å². The van der Waals surface area contributed by atoms with Crippen LogP contribution in [0.4, 0.5) is 0 Å². The summed E-state index contributed by atoms with van der Waals surface area (Å²) in [4.78, 5) is 10.4. The molecule has 0 spiro atoms. The molecule has 1 rings (SSSR count). The lowest BCUT2D eigenvalue weighted by atomic mass is 10.1. The first-order chi connectivity index (χ1) is 5.75. The number of aldehydes is 1. The maximum absolute atomic E-state index is 10.4. The van der Waals surface area contributed by atoms with E-state index in [0.29, 0.717) is 10.6 Å². The lowest BCUT2D eigenvalue weighted by Gasteiger charge is -1.98. The molecule has 62 valence electrons. The Hall–Kier alpha value is -1.08. The smallest absolute Gasteiger partial charge is 0.147 e. The second-order valence-corrected chi connectivity index (χ2v) is 2.86. The highest BCUT2D eigenvalue weighted by Gasteiger charge is 1.99. The van der Waals surface area contributed by atoms with Crippen LogP contribution in [0.25, 0.3) is 5.03 Å². The van der Waals surface area contributed by atoms with Crippen molar-refractivity contribution in [2.75, 3.05) is 0 Å². The Morgan fingerprint density at radius 1 is 1.33 bits per heavy atom. The van der Waals surface area contributed by atoms with Crippen molar-refractivity contribution in [3.8, 4) is 0 Å². The first-order valence-electron chi connectivity index (χ1n) is 3.62. The molecular formula is C10H9ClO. The van der Waals surface area contributed by atoms with Crippen molar-refractivity contribution in [1.82, 2.24) is 0 Å². The number of carbonyl (C=O) groups excluding carboxylic acids is 1. The topological polar surface area (TPSA) is 17.1 Å². The first kappa shape index (κ1) is 9.01. The molecule has 0 atom stereocenters. The van der Waals surface area contributed by atoms with E-state index in [1.54, 1.807) is 6.92 Å². The standard InChI is InChI=1S/C10H9ClO/c1-8(7-12)10(11)9-5-3-2-4-6-9/h2-7H,1H3/b10-8-. The van der Waals surface area contributed by atoms with Gasteiger partial charge in [0.1, 0.15) is 6.29 Å². The Bertz CT molecular complexity index is 301. The molecule has 0 aliphatic rings. The van der Waals surface area contributed by atoms with Crippen LogP contribution in [0.3, 0.4) is 0 Å². The van der Waals surface area contributed by atoms with E-state index < -0.39 is 0 Å². The summed E-state index contributed by atoms with van der Waals surface area (Å²) in [7, 11) is 0. The minimum absolute atomic E-state index is 0.519. The number of benzene rings is 1. The van der Waals surface area contributed by atoms with Crippen molar-refractivity contribution in [3.63, 3.8) is 0 Å². The zero-order valence-corrected chi connectivity index (χ0v) is 7.51. The van der Waals surface area contributed by atoms with Crippen molar-refractivity contribution in [2.24, 2.45) is 0 Å². The van der Waals surface area contributed by atoms with E-state index in [1.165, 1.54) is 0 Å². The van der Waals surface area contributed by atoms with Gasteiger partial charge in [0.15, 0.2) is 0 Å². The summed E-state index contributed by atoms with van der Waals surface area (Å²) in [5, 5.41) is 0.519. The predicted octanol–water partition coefficient (Wildman–Crippen LogP) is 2.86. The summed E-state index contributed by atoms with van der Waals surface area (Å²) in [6.45, 7) is 1.70. The lowest BCUT2D eigenvalue weighted by molar-refractivity contribution is -0.104. The molecule has 0 saturated carbocycles. The second kappa shape index (κ2) is 4.07. The fourth-order valence-corrected chi connectivity index (χ4v) is 1.03. The van der Waals surface area contributed by atoms with Crippen LogP contribution in [0.1, 0.15) is 12.5 Å². The Morgan fingerprint density at radius 2 is 1.92 bits per heavy atom. The molecule has 1 nitrogen and oxygen atoms in total. The molecule has 1 aromatic carbocycles. The average Bonchev–Trinajstić information content (AvgIpc) is 2.17. The fraction of sp³-hybridized carbons (Fsp3) is 0.100. The van der Waals surface area contributed by atoms with Crippen molar-refractivity contribution < 1.29 is 4.79 Å². The highest BCUT2D eigenvalue weighted by molar-refractivity contribution is 6.50. The molecule has 12 heavy (non-hydrogen) atoms. The van der Waals surface area contributed by atoms with Gasteiger partial charge in [0.25, 0.3) is 0 Å². The van der Waals surface area contributed by atoms with Crippen LogP contribution in [0.5, 0.6) is 0 Å². The Balaban J connectivity index is 3.08. The third kappa shape index (κ3) is 1.95. The van der Waals surface area contributed by atoms with E-state index in [-0.39, 0.29) is 0 Å². The van der Waals surface area contributed by atoms with E-state index in [4.69, 9.17) is 11.6 Å². The minimum atomic E-state index is 0.519. The van der Waals surface area contributed by atoms with Crippen LogP contribution in [0.15, 0.2) is 35.9 Å². The Morgan fingerprint density at radius 3 is 2.42 bits per heavy atom. The van der Waals surface area contributed by atoms with E-state index in [0.717, 1.165) is 11.8 Å². The molecule has 0 aliphatic carbocycles. The lowest BCUT2D eigenvalue weighted by Crippen LogP contribution is -1.82.